The summed E-state index contributed by atoms with van der Waals surface area (Å²) in [7, 11) is 0. The second-order valence-electron chi connectivity index (χ2n) is 7.92. The minimum absolute atomic E-state index is 0.0183. The van der Waals surface area contributed by atoms with Crippen molar-refractivity contribution in [1.82, 2.24) is 15.3 Å². The van der Waals surface area contributed by atoms with Gasteiger partial charge in [0, 0.05) is 34.7 Å². The van der Waals surface area contributed by atoms with Crippen molar-refractivity contribution < 1.29 is 13.6 Å². The molecule has 1 fully saturated rings. The average molecular weight is 485 g/mol. The number of guanidine groups is 1. The van der Waals surface area contributed by atoms with E-state index < -0.39 is 17.5 Å². The summed E-state index contributed by atoms with van der Waals surface area (Å²) >= 11 is 6.08. The summed E-state index contributed by atoms with van der Waals surface area (Å²) in [5.74, 6) is -1.92. The van der Waals surface area contributed by atoms with Crippen molar-refractivity contribution in [1.29, 1.82) is 0 Å². The molecular weight excluding hydrogens is 462 g/mol. The van der Waals surface area contributed by atoms with Crippen LogP contribution < -0.4 is 16.0 Å². The Morgan fingerprint density at radius 1 is 0.971 bits per heavy atom. The molecule has 34 heavy (non-hydrogen) atoms. The normalized spacial score (nSPS) is 18.3. The predicted molar refractivity (Wildman–Crippen MR) is 128 cm³/mol. The maximum Gasteiger partial charge on any atom is 0.258 e. The minimum Gasteiger partial charge on any atom is -0.351 e. The molecular formula is C24H23ClF2N6O. The van der Waals surface area contributed by atoms with Crippen LogP contribution in [0, 0.1) is 11.6 Å². The molecule has 1 heterocycles. The number of anilines is 2. The molecule has 0 radical (unpaired) electrons. The van der Waals surface area contributed by atoms with Crippen molar-refractivity contribution in [2.75, 3.05) is 10.6 Å². The third-order valence-corrected chi connectivity index (χ3v) is 5.64. The van der Waals surface area contributed by atoms with Crippen LogP contribution in [0.4, 0.5) is 20.4 Å². The van der Waals surface area contributed by atoms with Gasteiger partial charge in [-0.05, 0) is 68.1 Å². The van der Waals surface area contributed by atoms with Crippen LogP contribution in [0.3, 0.4) is 0 Å². The standard InChI is InChI=1S/C24H23ClF2N6O/c25-16-3-1-4-19(14-16)32-24(33-22(34)15-5-10-20(26)21(27)13-15)31-18-8-6-17(7-9-18)30-23-28-11-2-12-29-23/h1-5,10-14,17-18H,6-9H2,(H,28,29,30)(H2,31,32,33,34). The van der Waals surface area contributed by atoms with Crippen molar-refractivity contribution in [3.8, 4) is 0 Å². The molecule has 7 nitrogen and oxygen atoms in total. The summed E-state index contributed by atoms with van der Waals surface area (Å²) in [5, 5.41) is 9.60. The second kappa shape index (κ2) is 11.0. The molecule has 1 aliphatic rings. The third kappa shape index (κ3) is 6.48. The van der Waals surface area contributed by atoms with E-state index in [1.54, 1.807) is 42.7 Å². The molecule has 0 atom stereocenters. The van der Waals surface area contributed by atoms with Crippen LogP contribution >= 0.6 is 11.6 Å². The fourth-order valence-electron chi connectivity index (χ4n) is 3.70. The van der Waals surface area contributed by atoms with Gasteiger partial charge in [0.2, 0.25) is 11.9 Å². The average Bonchev–Trinajstić information content (AvgIpc) is 2.83. The van der Waals surface area contributed by atoms with E-state index in [9.17, 15) is 13.6 Å². The molecule has 2 aromatic carbocycles. The van der Waals surface area contributed by atoms with Crippen molar-refractivity contribution in [3.63, 3.8) is 0 Å². The number of benzene rings is 2. The number of rotatable bonds is 5. The number of halogens is 3. The molecule has 0 saturated heterocycles. The number of carbonyl (C=O) groups excluding carboxylic acids is 1. The number of amides is 1. The summed E-state index contributed by atoms with van der Waals surface area (Å²) in [5.41, 5.74) is 0.615. The second-order valence-corrected chi connectivity index (χ2v) is 8.35. The maximum atomic E-state index is 13.6. The van der Waals surface area contributed by atoms with E-state index in [0.29, 0.717) is 16.7 Å². The fourth-order valence-corrected chi connectivity index (χ4v) is 3.89. The van der Waals surface area contributed by atoms with Crippen LogP contribution in [0.2, 0.25) is 5.02 Å². The summed E-state index contributed by atoms with van der Waals surface area (Å²) in [6.07, 6.45) is 6.66. The molecule has 3 N–H and O–H groups in total. The molecule has 1 amide bonds. The van der Waals surface area contributed by atoms with E-state index in [1.807, 2.05) is 0 Å². The van der Waals surface area contributed by atoms with Gasteiger partial charge in [-0.15, -0.1) is 0 Å². The lowest BCUT2D eigenvalue weighted by Crippen LogP contribution is -2.38. The molecule has 10 heteroatoms. The van der Waals surface area contributed by atoms with E-state index in [0.717, 1.165) is 37.8 Å². The zero-order chi connectivity index (χ0) is 23.9. The molecule has 1 aromatic heterocycles. The van der Waals surface area contributed by atoms with E-state index in [1.165, 1.54) is 6.07 Å². The van der Waals surface area contributed by atoms with Gasteiger partial charge in [0.1, 0.15) is 0 Å². The van der Waals surface area contributed by atoms with Crippen LogP contribution in [0.1, 0.15) is 36.0 Å². The number of carbonyl (C=O) groups is 1. The highest BCUT2D eigenvalue weighted by Gasteiger charge is 2.22. The maximum absolute atomic E-state index is 13.6. The largest absolute Gasteiger partial charge is 0.351 e. The summed E-state index contributed by atoms with van der Waals surface area (Å²) < 4.78 is 26.9. The van der Waals surface area contributed by atoms with Crippen molar-refractivity contribution in [2.24, 2.45) is 4.99 Å². The molecule has 3 aromatic rings. The lowest BCUT2D eigenvalue weighted by atomic mass is 9.91. The Labute approximate surface area is 200 Å². The van der Waals surface area contributed by atoms with Crippen molar-refractivity contribution >= 4 is 35.1 Å². The van der Waals surface area contributed by atoms with Crippen LogP contribution in [0.25, 0.3) is 0 Å². The highest BCUT2D eigenvalue weighted by molar-refractivity contribution is 6.31. The Morgan fingerprint density at radius 3 is 2.44 bits per heavy atom. The van der Waals surface area contributed by atoms with Gasteiger partial charge in [0.15, 0.2) is 11.6 Å². The molecule has 0 aliphatic heterocycles. The first kappa shape index (κ1) is 23.6. The van der Waals surface area contributed by atoms with Gasteiger partial charge in [-0.1, -0.05) is 17.7 Å². The van der Waals surface area contributed by atoms with Gasteiger partial charge in [0.05, 0.1) is 6.04 Å². The van der Waals surface area contributed by atoms with Gasteiger partial charge < -0.3 is 10.6 Å². The number of aromatic nitrogens is 2. The minimum atomic E-state index is -1.10. The fraction of sp³-hybridized carbons (Fsp3) is 0.250. The van der Waals surface area contributed by atoms with Crippen LogP contribution in [-0.2, 0) is 0 Å². The van der Waals surface area contributed by atoms with E-state index in [2.05, 4.69) is 25.9 Å². The van der Waals surface area contributed by atoms with Gasteiger partial charge in [0.25, 0.3) is 5.91 Å². The van der Waals surface area contributed by atoms with Crippen molar-refractivity contribution in [3.05, 3.63) is 83.1 Å². The van der Waals surface area contributed by atoms with Crippen LogP contribution in [0.5, 0.6) is 0 Å². The molecule has 0 spiro atoms. The number of nitrogens with zero attached hydrogens (tertiary/aromatic N) is 3. The predicted octanol–water partition coefficient (Wildman–Crippen LogP) is 5.03. The Bertz CT molecular complexity index is 1170. The Balaban J connectivity index is 1.46. The first-order chi connectivity index (χ1) is 16.5. The van der Waals surface area contributed by atoms with E-state index in [4.69, 9.17) is 16.6 Å². The third-order valence-electron chi connectivity index (χ3n) is 5.41. The van der Waals surface area contributed by atoms with E-state index in [-0.39, 0.29) is 23.6 Å². The molecule has 1 aliphatic carbocycles. The van der Waals surface area contributed by atoms with Crippen LogP contribution in [0.15, 0.2) is 65.9 Å². The number of aliphatic imine (C=N–C) groups is 1. The highest BCUT2D eigenvalue weighted by atomic mass is 35.5. The highest BCUT2D eigenvalue weighted by Crippen LogP contribution is 2.24. The quantitative estimate of drug-likeness (QED) is 0.349. The monoisotopic (exact) mass is 484 g/mol. The lowest BCUT2D eigenvalue weighted by Gasteiger charge is -2.27. The lowest BCUT2D eigenvalue weighted by molar-refractivity contribution is 0.0976. The van der Waals surface area contributed by atoms with Crippen LogP contribution in [-0.4, -0.2) is 33.9 Å². The van der Waals surface area contributed by atoms with Gasteiger partial charge in [-0.2, -0.15) is 0 Å². The number of hydrogen-bond acceptors (Lipinski definition) is 5. The summed E-state index contributed by atoms with van der Waals surface area (Å²) in [6, 6.07) is 11.9. The first-order valence-electron chi connectivity index (χ1n) is 10.9. The van der Waals surface area contributed by atoms with Gasteiger partial charge in [-0.25, -0.2) is 23.7 Å². The molecule has 4 rings (SSSR count). The summed E-state index contributed by atoms with van der Waals surface area (Å²) in [4.78, 5) is 25.8. The van der Waals surface area contributed by atoms with Gasteiger partial charge >= 0.3 is 0 Å². The Kier molecular flexibility index (Phi) is 7.64. The van der Waals surface area contributed by atoms with Gasteiger partial charge in [-0.3, -0.25) is 10.1 Å². The van der Waals surface area contributed by atoms with E-state index >= 15 is 0 Å². The molecule has 176 valence electrons. The smallest absolute Gasteiger partial charge is 0.258 e. The zero-order valence-electron chi connectivity index (χ0n) is 18.1. The number of nitrogens with one attached hydrogen (secondary N) is 3. The Morgan fingerprint density at radius 2 is 1.74 bits per heavy atom. The zero-order valence-corrected chi connectivity index (χ0v) is 18.9. The van der Waals surface area contributed by atoms with Crippen molar-refractivity contribution in [2.45, 2.75) is 37.8 Å². The molecule has 0 bridgehead atoms. The topological polar surface area (TPSA) is 91.3 Å². The number of hydrogen-bond donors (Lipinski definition) is 3. The summed E-state index contributed by atoms with van der Waals surface area (Å²) in [6.45, 7) is 0. The SMILES string of the molecule is O=C(NC(=NC1CCC(Nc2ncccn2)CC1)Nc1cccc(Cl)c1)c1ccc(F)c(F)c1. The molecule has 1 saturated carbocycles. The first-order valence-corrected chi connectivity index (χ1v) is 11.2. The Hall–Kier alpha value is -3.59. The molecule has 0 unspecified atom stereocenters.